The van der Waals surface area contributed by atoms with Gasteiger partial charge < -0.3 is 9.29 Å². The molecule has 1 atom stereocenters. The number of aryl methyl sites for hydroxylation is 2. The van der Waals surface area contributed by atoms with Crippen molar-refractivity contribution >= 4 is 16.7 Å². The summed E-state index contributed by atoms with van der Waals surface area (Å²) in [6, 6.07) is 9.50. The van der Waals surface area contributed by atoms with Gasteiger partial charge in [-0.15, -0.1) is 0 Å². The lowest BCUT2D eigenvalue weighted by molar-refractivity contribution is 0.690. The zero-order valence-electron chi connectivity index (χ0n) is 11.1. The van der Waals surface area contributed by atoms with Crippen molar-refractivity contribution in [1.82, 2.24) is 4.57 Å². The van der Waals surface area contributed by atoms with Crippen molar-refractivity contribution in [3.63, 3.8) is 0 Å². The zero-order chi connectivity index (χ0) is 14.0. The third-order valence-corrected chi connectivity index (χ3v) is 3.34. The molecule has 0 aliphatic carbocycles. The van der Waals surface area contributed by atoms with Gasteiger partial charge in [0.25, 0.3) is 5.56 Å². The van der Waals surface area contributed by atoms with E-state index in [2.05, 4.69) is 4.72 Å². The number of rotatable bonds is 3. The van der Waals surface area contributed by atoms with Crippen molar-refractivity contribution in [1.29, 1.82) is 0 Å². The molecule has 0 spiro atoms. The Hall–Kier alpha value is -1.88. The molecule has 0 saturated carbocycles. The lowest BCUT2D eigenvalue weighted by Crippen LogP contribution is -2.18. The molecule has 0 radical (unpaired) electrons. The van der Waals surface area contributed by atoms with Crippen molar-refractivity contribution in [3.05, 3.63) is 52.4 Å². The smallest absolute Gasteiger partial charge is 0.253 e. The molecule has 1 aromatic heterocycles. The highest BCUT2D eigenvalue weighted by Gasteiger charge is 2.04. The Morgan fingerprint density at radius 3 is 2.58 bits per heavy atom. The minimum absolute atomic E-state index is 0.00712. The van der Waals surface area contributed by atoms with Gasteiger partial charge in [0.2, 0.25) is 0 Å². The second-order valence-corrected chi connectivity index (χ2v) is 5.58. The van der Waals surface area contributed by atoms with Crippen LogP contribution in [0.25, 0.3) is 11.1 Å². The fraction of sp³-hybridized carbons (Fsp3) is 0.214. The number of hydrogen-bond donors (Lipinski definition) is 1. The molecule has 19 heavy (non-hydrogen) atoms. The molecule has 1 heterocycles. The van der Waals surface area contributed by atoms with E-state index in [4.69, 9.17) is 0 Å². The highest BCUT2D eigenvalue weighted by Crippen LogP contribution is 2.22. The third kappa shape index (κ3) is 3.12. The number of benzene rings is 1. The lowest BCUT2D eigenvalue weighted by atomic mass is 10.1. The van der Waals surface area contributed by atoms with Crippen LogP contribution in [0.4, 0.5) is 5.69 Å². The SMILES string of the molecule is Cc1cc(-c2cccc(NS(C)=O)c2)cn(C)c1=O. The van der Waals surface area contributed by atoms with Gasteiger partial charge in [-0.2, -0.15) is 0 Å². The summed E-state index contributed by atoms with van der Waals surface area (Å²) in [4.78, 5) is 11.7. The van der Waals surface area contributed by atoms with Gasteiger partial charge in [-0.1, -0.05) is 12.1 Å². The quantitative estimate of drug-likeness (QED) is 0.933. The van der Waals surface area contributed by atoms with Crippen LogP contribution in [0.5, 0.6) is 0 Å². The van der Waals surface area contributed by atoms with Crippen molar-refractivity contribution in [2.45, 2.75) is 6.92 Å². The molecular formula is C14H16N2O2S. The van der Waals surface area contributed by atoms with E-state index in [1.165, 1.54) is 0 Å². The standard InChI is InChI=1S/C14H16N2O2S/c1-10-7-12(9-16(2)14(10)17)11-5-4-6-13(8-11)15-19(3)18/h4-9,15H,1-3H3. The van der Waals surface area contributed by atoms with Crippen LogP contribution < -0.4 is 10.3 Å². The van der Waals surface area contributed by atoms with Crippen LogP contribution >= 0.6 is 0 Å². The van der Waals surface area contributed by atoms with Crippen molar-refractivity contribution < 1.29 is 4.21 Å². The maximum atomic E-state index is 11.7. The molecule has 5 heteroatoms. The van der Waals surface area contributed by atoms with Crippen molar-refractivity contribution in [3.8, 4) is 11.1 Å². The number of nitrogens with one attached hydrogen (secondary N) is 1. The molecule has 0 amide bonds. The largest absolute Gasteiger partial charge is 0.318 e. The van der Waals surface area contributed by atoms with Gasteiger partial charge in [-0.05, 0) is 36.2 Å². The molecule has 0 fully saturated rings. The second-order valence-electron chi connectivity index (χ2n) is 4.46. The summed E-state index contributed by atoms with van der Waals surface area (Å²) in [6.07, 6.45) is 3.39. The van der Waals surface area contributed by atoms with Gasteiger partial charge in [0.1, 0.15) is 11.0 Å². The Kier molecular flexibility index (Phi) is 3.85. The highest BCUT2D eigenvalue weighted by molar-refractivity contribution is 7.85. The topological polar surface area (TPSA) is 51.1 Å². The Bertz CT molecular complexity index is 666. The molecule has 0 saturated heterocycles. The number of hydrogen-bond acceptors (Lipinski definition) is 2. The summed E-state index contributed by atoms with van der Waals surface area (Å²) in [7, 11) is 0.639. The Morgan fingerprint density at radius 2 is 1.95 bits per heavy atom. The minimum atomic E-state index is -1.10. The summed E-state index contributed by atoms with van der Waals surface area (Å²) in [5.41, 5.74) is 3.45. The fourth-order valence-corrected chi connectivity index (χ4v) is 2.42. The number of anilines is 1. The predicted molar refractivity (Wildman–Crippen MR) is 79.5 cm³/mol. The predicted octanol–water partition coefficient (Wildman–Crippen LogP) is 2.07. The number of pyridine rings is 1. The average Bonchev–Trinajstić information content (AvgIpc) is 2.35. The van der Waals surface area contributed by atoms with E-state index in [0.29, 0.717) is 5.56 Å². The molecule has 1 N–H and O–H groups in total. The van der Waals surface area contributed by atoms with E-state index in [1.54, 1.807) is 31.0 Å². The maximum absolute atomic E-state index is 11.7. The molecule has 0 aliphatic heterocycles. The molecule has 2 aromatic rings. The maximum Gasteiger partial charge on any atom is 0.253 e. The first-order valence-electron chi connectivity index (χ1n) is 5.85. The van der Waals surface area contributed by atoms with Gasteiger partial charge in [-0.3, -0.25) is 4.79 Å². The van der Waals surface area contributed by atoms with Crippen LogP contribution in [0.3, 0.4) is 0 Å². The first-order chi connectivity index (χ1) is 8.97. The molecule has 1 unspecified atom stereocenters. The number of nitrogens with zero attached hydrogens (tertiary/aromatic N) is 1. The molecule has 4 nitrogen and oxygen atoms in total. The van der Waals surface area contributed by atoms with E-state index < -0.39 is 11.0 Å². The average molecular weight is 276 g/mol. The van der Waals surface area contributed by atoms with Crippen LogP contribution in [-0.4, -0.2) is 15.0 Å². The Labute approximate surface area is 114 Å². The van der Waals surface area contributed by atoms with E-state index in [9.17, 15) is 9.00 Å². The van der Waals surface area contributed by atoms with Gasteiger partial charge in [0.15, 0.2) is 0 Å². The summed E-state index contributed by atoms with van der Waals surface area (Å²) in [5.74, 6) is 0. The van der Waals surface area contributed by atoms with E-state index in [-0.39, 0.29) is 5.56 Å². The summed E-state index contributed by atoms with van der Waals surface area (Å²) in [6.45, 7) is 1.80. The van der Waals surface area contributed by atoms with Crippen LogP contribution in [0, 0.1) is 6.92 Å². The first-order valence-corrected chi connectivity index (χ1v) is 7.41. The van der Waals surface area contributed by atoms with Gasteiger partial charge >= 0.3 is 0 Å². The van der Waals surface area contributed by atoms with Crippen molar-refractivity contribution in [2.24, 2.45) is 7.05 Å². The molecule has 0 aliphatic rings. The van der Waals surface area contributed by atoms with Gasteiger partial charge in [0, 0.05) is 30.8 Å². The minimum Gasteiger partial charge on any atom is -0.318 e. The van der Waals surface area contributed by atoms with Gasteiger partial charge in [0.05, 0.1) is 0 Å². The normalized spacial score (nSPS) is 12.2. The summed E-state index contributed by atoms with van der Waals surface area (Å²) >= 11 is 0. The summed E-state index contributed by atoms with van der Waals surface area (Å²) in [5, 5.41) is 0. The molecular weight excluding hydrogens is 260 g/mol. The molecule has 1 aromatic carbocycles. The molecule has 100 valence electrons. The second kappa shape index (κ2) is 5.40. The first kappa shape index (κ1) is 13.5. The van der Waals surface area contributed by atoms with Crippen molar-refractivity contribution in [2.75, 3.05) is 11.0 Å². The lowest BCUT2D eigenvalue weighted by Gasteiger charge is -2.08. The van der Waals surface area contributed by atoms with Crippen LogP contribution in [0.15, 0.2) is 41.3 Å². The van der Waals surface area contributed by atoms with E-state index in [0.717, 1.165) is 16.8 Å². The van der Waals surface area contributed by atoms with E-state index in [1.807, 2.05) is 30.3 Å². The molecule has 2 rings (SSSR count). The monoisotopic (exact) mass is 276 g/mol. The third-order valence-electron chi connectivity index (χ3n) is 2.82. The highest BCUT2D eigenvalue weighted by atomic mass is 32.2. The molecule has 0 bridgehead atoms. The van der Waals surface area contributed by atoms with Crippen LogP contribution in [-0.2, 0) is 18.0 Å². The fourth-order valence-electron chi connectivity index (χ4n) is 1.96. The number of aromatic nitrogens is 1. The Morgan fingerprint density at radius 1 is 1.21 bits per heavy atom. The zero-order valence-corrected chi connectivity index (χ0v) is 12.0. The van der Waals surface area contributed by atoms with Crippen LogP contribution in [0.2, 0.25) is 0 Å². The van der Waals surface area contributed by atoms with Crippen LogP contribution in [0.1, 0.15) is 5.56 Å². The Balaban J connectivity index is 2.47. The van der Waals surface area contributed by atoms with E-state index >= 15 is 0 Å². The summed E-state index contributed by atoms with van der Waals surface area (Å²) < 4.78 is 15.6. The van der Waals surface area contributed by atoms with Gasteiger partial charge in [-0.25, -0.2) is 4.21 Å².